The minimum atomic E-state index is -0.756. The molecule has 0 saturated carbocycles. The molecule has 5 rings (SSSR count). The maximum atomic E-state index is 15.9. The van der Waals surface area contributed by atoms with Crippen LogP contribution in [0.25, 0.3) is 22.2 Å². The number of carbonyl (C=O) groups excluding carboxylic acids is 1. The predicted octanol–water partition coefficient (Wildman–Crippen LogP) is 4.94. The molecule has 1 N–H and O–H groups in total. The second-order valence-corrected chi connectivity index (χ2v) is 10.8. The third-order valence-corrected chi connectivity index (χ3v) is 7.48. The number of anilines is 2. The van der Waals surface area contributed by atoms with E-state index in [2.05, 4.69) is 37.0 Å². The standard InChI is InChI=1S/C30H36F2N8O/c1-6-38-11-13-39(14-12-38)18-20-7-10-26(33-16-20)35-30-34-17-23(31)28(36-30)21-8-9-24-22(27(21)32)15-25(29(41)37(4)5)40(24)19(2)3/h7-10,15-17,19H,6,11-14,18H2,1-5H3,(H,33,34,35,36). The summed E-state index contributed by atoms with van der Waals surface area (Å²) in [5.41, 5.74) is 1.81. The maximum absolute atomic E-state index is 15.9. The average Bonchev–Trinajstić information content (AvgIpc) is 3.36. The van der Waals surface area contributed by atoms with Crippen LogP contribution in [0.3, 0.4) is 0 Å². The zero-order valence-corrected chi connectivity index (χ0v) is 24.2. The summed E-state index contributed by atoms with van der Waals surface area (Å²) in [5.74, 6) is -1.05. The van der Waals surface area contributed by atoms with Crippen LogP contribution in [-0.4, -0.2) is 86.9 Å². The van der Waals surface area contributed by atoms with Crippen LogP contribution in [0.2, 0.25) is 0 Å². The first kappa shape index (κ1) is 28.6. The Morgan fingerprint density at radius 1 is 1.02 bits per heavy atom. The molecular weight excluding hydrogens is 526 g/mol. The van der Waals surface area contributed by atoms with Gasteiger partial charge in [0.2, 0.25) is 5.95 Å². The highest BCUT2D eigenvalue weighted by atomic mass is 19.1. The highest BCUT2D eigenvalue weighted by Gasteiger charge is 2.24. The topological polar surface area (TPSA) is 82.4 Å². The van der Waals surface area contributed by atoms with E-state index < -0.39 is 11.6 Å². The summed E-state index contributed by atoms with van der Waals surface area (Å²) < 4.78 is 32.6. The summed E-state index contributed by atoms with van der Waals surface area (Å²) >= 11 is 0. The Morgan fingerprint density at radius 2 is 1.76 bits per heavy atom. The Bertz CT molecular complexity index is 1540. The molecule has 9 nitrogen and oxygen atoms in total. The Morgan fingerprint density at radius 3 is 2.39 bits per heavy atom. The number of hydrogen-bond donors (Lipinski definition) is 1. The maximum Gasteiger partial charge on any atom is 0.270 e. The molecule has 41 heavy (non-hydrogen) atoms. The summed E-state index contributed by atoms with van der Waals surface area (Å²) in [6, 6.07) is 8.43. The Balaban J connectivity index is 1.38. The molecule has 0 atom stereocenters. The molecular formula is C30H36F2N8O. The smallest absolute Gasteiger partial charge is 0.270 e. The number of likely N-dealkylation sites (N-methyl/N-ethyl adjacent to an activating group) is 1. The van der Waals surface area contributed by atoms with E-state index >= 15 is 4.39 Å². The molecule has 0 bridgehead atoms. The fourth-order valence-corrected chi connectivity index (χ4v) is 5.24. The van der Waals surface area contributed by atoms with E-state index in [1.165, 1.54) is 17.0 Å². The third-order valence-electron chi connectivity index (χ3n) is 7.48. The van der Waals surface area contributed by atoms with Crippen LogP contribution in [0.1, 0.15) is 42.9 Å². The molecule has 1 saturated heterocycles. The third kappa shape index (κ3) is 5.91. The van der Waals surface area contributed by atoms with Crippen molar-refractivity contribution in [2.75, 3.05) is 52.1 Å². The molecule has 0 aliphatic carbocycles. The second kappa shape index (κ2) is 11.9. The molecule has 4 aromatic rings. The lowest BCUT2D eigenvalue weighted by atomic mass is 10.1. The average molecular weight is 563 g/mol. The van der Waals surface area contributed by atoms with E-state index in [1.807, 2.05) is 26.0 Å². The fraction of sp³-hybridized carbons (Fsp3) is 0.400. The lowest BCUT2D eigenvalue weighted by molar-refractivity contribution is 0.0816. The SMILES string of the molecule is CCN1CCN(Cc2ccc(Nc3ncc(F)c(-c4ccc5c(cc(C(=O)N(C)C)n5C(C)C)c4F)n3)nc2)CC1. The first-order valence-corrected chi connectivity index (χ1v) is 13.9. The summed E-state index contributed by atoms with van der Waals surface area (Å²) in [6.07, 6.45) is 2.82. The van der Waals surface area contributed by atoms with Crippen molar-refractivity contribution in [3.05, 3.63) is 65.6 Å². The van der Waals surface area contributed by atoms with Gasteiger partial charge in [-0.1, -0.05) is 13.0 Å². The van der Waals surface area contributed by atoms with Crippen molar-refractivity contribution in [3.8, 4) is 11.3 Å². The molecule has 1 amide bonds. The largest absolute Gasteiger partial charge is 0.343 e. The molecule has 1 aliphatic rings. The van der Waals surface area contributed by atoms with Gasteiger partial charge in [0.1, 0.15) is 23.0 Å². The number of aromatic nitrogens is 4. The number of nitrogens with zero attached hydrogens (tertiary/aromatic N) is 7. The molecule has 4 heterocycles. The van der Waals surface area contributed by atoms with Gasteiger partial charge in [-0.05, 0) is 50.2 Å². The van der Waals surface area contributed by atoms with Gasteiger partial charge in [0.15, 0.2) is 5.82 Å². The van der Waals surface area contributed by atoms with Gasteiger partial charge in [-0.3, -0.25) is 9.69 Å². The van der Waals surface area contributed by atoms with E-state index in [9.17, 15) is 9.18 Å². The summed E-state index contributed by atoms with van der Waals surface area (Å²) in [4.78, 5) is 31.9. The van der Waals surface area contributed by atoms with Gasteiger partial charge in [-0.25, -0.2) is 23.7 Å². The van der Waals surface area contributed by atoms with Crippen LogP contribution in [0, 0.1) is 11.6 Å². The molecule has 216 valence electrons. The summed E-state index contributed by atoms with van der Waals surface area (Å²) in [5, 5.41) is 3.23. The van der Waals surface area contributed by atoms with Gasteiger partial charge < -0.3 is 19.7 Å². The monoisotopic (exact) mass is 562 g/mol. The molecule has 0 spiro atoms. The molecule has 0 radical (unpaired) electrons. The summed E-state index contributed by atoms with van der Waals surface area (Å²) in [7, 11) is 3.29. The highest BCUT2D eigenvalue weighted by Crippen LogP contribution is 2.33. The number of fused-ring (bicyclic) bond motifs is 1. The Labute approximate surface area is 238 Å². The van der Waals surface area contributed by atoms with Crippen molar-refractivity contribution in [2.45, 2.75) is 33.4 Å². The second-order valence-electron chi connectivity index (χ2n) is 10.8. The van der Waals surface area contributed by atoms with Gasteiger partial charge in [-0.15, -0.1) is 0 Å². The normalized spacial score (nSPS) is 14.6. The van der Waals surface area contributed by atoms with Crippen molar-refractivity contribution in [1.29, 1.82) is 0 Å². The highest BCUT2D eigenvalue weighted by molar-refractivity contribution is 5.99. The van der Waals surface area contributed by atoms with E-state index in [0.717, 1.165) is 51.0 Å². The number of hydrogen-bond acceptors (Lipinski definition) is 7. The predicted molar refractivity (Wildman–Crippen MR) is 156 cm³/mol. The van der Waals surface area contributed by atoms with Gasteiger partial charge >= 0.3 is 0 Å². The van der Waals surface area contributed by atoms with E-state index in [-0.39, 0.29) is 34.5 Å². The number of pyridine rings is 1. The van der Waals surface area contributed by atoms with Crippen molar-refractivity contribution in [1.82, 2.24) is 34.2 Å². The lowest BCUT2D eigenvalue weighted by Gasteiger charge is -2.33. The van der Waals surface area contributed by atoms with E-state index in [0.29, 0.717) is 17.0 Å². The zero-order valence-electron chi connectivity index (χ0n) is 24.2. The van der Waals surface area contributed by atoms with Gasteiger partial charge in [0.25, 0.3) is 5.91 Å². The van der Waals surface area contributed by atoms with Crippen molar-refractivity contribution < 1.29 is 13.6 Å². The number of nitrogens with one attached hydrogen (secondary N) is 1. The number of benzene rings is 1. The minimum Gasteiger partial charge on any atom is -0.343 e. The molecule has 1 fully saturated rings. The van der Waals surface area contributed by atoms with Gasteiger partial charge in [0.05, 0.1) is 11.7 Å². The van der Waals surface area contributed by atoms with Crippen molar-refractivity contribution >= 4 is 28.6 Å². The van der Waals surface area contributed by atoms with E-state index in [1.54, 1.807) is 30.9 Å². The number of piperazine rings is 1. The number of amides is 1. The number of carbonyl (C=O) groups is 1. The number of rotatable bonds is 8. The first-order valence-electron chi connectivity index (χ1n) is 13.9. The molecule has 3 aromatic heterocycles. The molecule has 1 aromatic carbocycles. The number of halogens is 2. The van der Waals surface area contributed by atoms with Gasteiger partial charge in [-0.2, -0.15) is 0 Å². The van der Waals surface area contributed by atoms with Crippen LogP contribution in [0.4, 0.5) is 20.5 Å². The summed E-state index contributed by atoms with van der Waals surface area (Å²) in [6.45, 7) is 12.1. The molecule has 0 unspecified atom stereocenters. The zero-order chi connectivity index (χ0) is 29.3. The van der Waals surface area contributed by atoms with Crippen LogP contribution in [-0.2, 0) is 6.54 Å². The van der Waals surface area contributed by atoms with Crippen molar-refractivity contribution in [2.24, 2.45) is 0 Å². The molecule has 1 aliphatic heterocycles. The molecule has 11 heteroatoms. The minimum absolute atomic E-state index is 0.0170. The Kier molecular flexibility index (Phi) is 8.27. The van der Waals surface area contributed by atoms with Gasteiger partial charge in [0, 0.05) is 70.0 Å². The Hall–Kier alpha value is -3.96. The van der Waals surface area contributed by atoms with Crippen LogP contribution in [0.15, 0.2) is 42.7 Å². The van der Waals surface area contributed by atoms with Crippen molar-refractivity contribution in [3.63, 3.8) is 0 Å². The van der Waals surface area contributed by atoms with Crippen LogP contribution < -0.4 is 5.32 Å². The fourth-order valence-electron chi connectivity index (χ4n) is 5.24. The van der Waals surface area contributed by atoms with Crippen LogP contribution in [0.5, 0.6) is 0 Å². The van der Waals surface area contributed by atoms with Crippen LogP contribution >= 0.6 is 0 Å². The lowest BCUT2D eigenvalue weighted by Crippen LogP contribution is -2.45. The first-order chi connectivity index (χ1) is 19.7. The quantitative estimate of drug-likeness (QED) is 0.326. The van der Waals surface area contributed by atoms with E-state index in [4.69, 9.17) is 0 Å².